The second kappa shape index (κ2) is 9.41. The maximum Gasteiger partial charge on any atom is 0.435 e. The molecule has 0 bridgehead atoms. The van der Waals surface area contributed by atoms with Gasteiger partial charge in [0.2, 0.25) is 0 Å². The predicted octanol–water partition coefficient (Wildman–Crippen LogP) is 4.05. The zero-order chi connectivity index (χ0) is 26.2. The number of aromatic amines is 1. The van der Waals surface area contributed by atoms with Gasteiger partial charge >= 0.3 is 6.18 Å². The van der Waals surface area contributed by atoms with Crippen molar-refractivity contribution >= 4 is 23.1 Å². The molecule has 0 spiro atoms. The van der Waals surface area contributed by atoms with Crippen LogP contribution in [0.5, 0.6) is 0 Å². The van der Waals surface area contributed by atoms with E-state index in [4.69, 9.17) is 0 Å². The van der Waals surface area contributed by atoms with Gasteiger partial charge in [-0.2, -0.15) is 23.4 Å². The molecule has 4 aromatic heterocycles. The molecule has 0 aliphatic rings. The van der Waals surface area contributed by atoms with Gasteiger partial charge in [-0.15, -0.1) is 0 Å². The van der Waals surface area contributed by atoms with Crippen LogP contribution in [-0.4, -0.2) is 47.3 Å². The summed E-state index contributed by atoms with van der Waals surface area (Å²) in [5.41, 5.74) is 2.02. The lowest BCUT2D eigenvalue weighted by molar-refractivity contribution is -0.141. The number of halogens is 3. The predicted molar refractivity (Wildman–Crippen MR) is 129 cm³/mol. The number of fused-ring (bicyclic) bond motifs is 1. The fourth-order valence-electron chi connectivity index (χ4n) is 4.11. The summed E-state index contributed by atoms with van der Waals surface area (Å²) in [5.74, 6) is 0.163. The van der Waals surface area contributed by atoms with E-state index in [1.165, 1.54) is 27.7 Å². The Labute approximate surface area is 208 Å². The van der Waals surface area contributed by atoms with Crippen molar-refractivity contribution in [1.82, 2.24) is 39.7 Å². The van der Waals surface area contributed by atoms with Crippen molar-refractivity contribution in [3.63, 3.8) is 0 Å². The number of amides is 1. The number of alkyl halides is 3. The Bertz CT molecular complexity index is 1570. The third kappa shape index (κ3) is 4.62. The second-order valence-electron chi connectivity index (χ2n) is 8.19. The molecule has 4 heterocycles. The minimum atomic E-state index is -4.67. The highest BCUT2D eigenvalue weighted by Crippen LogP contribution is 2.37. The molecule has 1 aromatic carbocycles. The molecule has 10 nitrogen and oxygen atoms in total. The molecule has 0 radical (unpaired) electrons. The van der Waals surface area contributed by atoms with Gasteiger partial charge in [0.05, 0.1) is 29.7 Å². The molecule has 0 fully saturated rings. The smallest absolute Gasteiger partial charge is 0.355 e. The van der Waals surface area contributed by atoms with E-state index >= 15 is 0 Å². The van der Waals surface area contributed by atoms with E-state index in [0.717, 1.165) is 5.56 Å². The molecule has 5 rings (SSSR count). The fraction of sp³-hybridized carbons (Fsp3) is 0.208. The molecule has 13 heteroatoms. The van der Waals surface area contributed by atoms with Crippen LogP contribution in [0.4, 0.5) is 24.7 Å². The molecule has 5 aromatic rings. The number of nitrogens with one attached hydrogen (secondary N) is 3. The average molecular weight is 509 g/mol. The summed E-state index contributed by atoms with van der Waals surface area (Å²) in [5, 5.41) is 16.2. The van der Waals surface area contributed by atoms with E-state index in [1.54, 1.807) is 37.6 Å². The van der Waals surface area contributed by atoms with Gasteiger partial charge in [-0.1, -0.05) is 6.92 Å². The van der Waals surface area contributed by atoms with Crippen LogP contribution in [0.3, 0.4) is 0 Å². The number of carbonyl (C=O) groups excluding carboxylic acids is 1. The first-order valence-corrected chi connectivity index (χ1v) is 11.4. The molecule has 0 unspecified atom stereocenters. The van der Waals surface area contributed by atoms with Crippen LogP contribution in [0.1, 0.15) is 34.2 Å². The van der Waals surface area contributed by atoms with Crippen molar-refractivity contribution in [2.45, 2.75) is 26.1 Å². The first-order chi connectivity index (χ1) is 17.8. The Balaban J connectivity index is 1.53. The Kier molecular flexibility index (Phi) is 6.11. The molecule has 190 valence electrons. The van der Waals surface area contributed by atoms with Crippen LogP contribution >= 0.6 is 0 Å². The highest BCUT2D eigenvalue weighted by Gasteiger charge is 2.38. The van der Waals surface area contributed by atoms with Gasteiger partial charge in [0.1, 0.15) is 0 Å². The lowest BCUT2D eigenvalue weighted by Crippen LogP contribution is -2.19. The van der Waals surface area contributed by atoms with Gasteiger partial charge in [-0.3, -0.25) is 19.0 Å². The summed E-state index contributed by atoms with van der Waals surface area (Å²) >= 11 is 0. The largest absolute Gasteiger partial charge is 0.435 e. The molecule has 0 aliphatic carbocycles. The van der Waals surface area contributed by atoms with Crippen molar-refractivity contribution < 1.29 is 18.0 Å². The molecule has 3 N–H and O–H groups in total. The molecular formula is C24H22F3N9O. The highest BCUT2D eigenvalue weighted by atomic mass is 19.4. The van der Waals surface area contributed by atoms with Crippen LogP contribution in [0.15, 0.2) is 55.2 Å². The van der Waals surface area contributed by atoms with Gasteiger partial charge < -0.3 is 10.6 Å². The molecule has 1 amide bonds. The molecule has 0 atom stereocenters. The summed E-state index contributed by atoms with van der Waals surface area (Å²) < 4.78 is 44.4. The fourth-order valence-corrected chi connectivity index (χ4v) is 4.11. The molecule has 0 saturated carbocycles. The van der Waals surface area contributed by atoms with Crippen molar-refractivity contribution in [2.75, 3.05) is 12.4 Å². The van der Waals surface area contributed by atoms with Crippen molar-refractivity contribution in [2.24, 2.45) is 0 Å². The quantitative estimate of drug-likeness (QED) is 0.305. The highest BCUT2D eigenvalue weighted by molar-refractivity contribution is 5.96. The lowest BCUT2D eigenvalue weighted by atomic mass is 10.0. The Morgan fingerprint density at radius 3 is 2.73 bits per heavy atom. The number of imidazole rings is 1. The Morgan fingerprint density at radius 2 is 2.03 bits per heavy atom. The number of rotatable bonds is 7. The van der Waals surface area contributed by atoms with Crippen LogP contribution in [0, 0.1) is 0 Å². The lowest BCUT2D eigenvalue weighted by Gasteiger charge is -2.12. The van der Waals surface area contributed by atoms with Crippen molar-refractivity contribution in [3.05, 3.63) is 77.8 Å². The van der Waals surface area contributed by atoms with E-state index in [-0.39, 0.29) is 23.7 Å². The summed E-state index contributed by atoms with van der Waals surface area (Å²) in [6.45, 7) is 2.01. The van der Waals surface area contributed by atoms with Crippen molar-refractivity contribution in [3.8, 4) is 11.3 Å². The SMILES string of the molecule is CCc1cc(Nc2nccn3c(-c4cn(Cc5cc[nH]n5)nc4C(F)(F)F)cnc23)ccc1C(=O)NC. The summed E-state index contributed by atoms with van der Waals surface area (Å²) in [6.07, 6.45) is 3.26. The number of nitrogens with zero attached hydrogens (tertiary/aromatic N) is 6. The van der Waals surface area contributed by atoms with E-state index in [9.17, 15) is 18.0 Å². The number of benzene rings is 1. The maximum atomic E-state index is 13.9. The Hall–Kier alpha value is -4.68. The zero-order valence-corrected chi connectivity index (χ0v) is 19.8. The first-order valence-electron chi connectivity index (χ1n) is 11.4. The summed E-state index contributed by atoms with van der Waals surface area (Å²) in [6, 6.07) is 6.94. The van der Waals surface area contributed by atoms with E-state index in [0.29, 0.717) is 34.8 Å². The first kappa shape index (κ1) is 24.0. The van der Waals surface area contributed by atoms with Crippen molar-refractivity contribution in [1.29, 1.82) is 0 Å². The van der Waals surface area contributed by atoms with Crippen LogP contribution < -0.4 is 10.6 Å². The monoisotopic (exact) mass is 509 g/mol. The molecule has 37 heavy (non-hydrogen) atoms. The van der Waals surface area contributed by atoms with Gasteiger partial charge in [0.15, 0.2) is 17.2 Å². The van der Waals surface area contributed by atoms with Crippen LogP contribution in [-0.2, 0) is 19.1 Å². The standard InChI is InChI=1S/C24H22F3N9O/c1-3-14-10-15(4-5-17(14)23(37)28-2)32-21-22-30-11-19(36(22)9-8-29-21)18-13-35(12-16-6-7-31-33-16)34-20(18)24(25,26)27/h4-11,13H,3,12H2,1-2H3,(H,28,37)(H,29,32)(H,31,33). The van der Waals surface area contributed by atoms with E-state index in [2.05, 4.69) is 35.9 Å². The van der Waals surface area contributed by atoms with Gasteiger partial charge in [0, 0.05) is 43.1 Å². The number of carbonyl (C=O) groups is 1. The minimum absolute atomic E-state index is 0.0729. The number of H-pyrrole nitrogens is 1. The maximum absolute atomic E-state index is 13.9. The molecule has 0 aliphatic heterocycles. The topological polar surface area (TPSA) is 118 Å². The number of hydrogen-bond acceptors (Lipinski definition) is 6. The van der Waals surface area contributed by atoms with E-state index < -0.39 is 11.9 Å². The van der Waals surface area contributed by atoms with Gasteiger partial charge in [-0.25, -0.2) is 9.97 Å². The number of aryl methyl sites for hydroxylation is 1. The van der Waals surface area contributed by atoms with Crippen LogP contribution in [0.25, 0.3) is 16.9 Å². The Morgan fingerprint density at radius 1 is 1.19 bits per heavy atom. The average Bonchev–Trinajstić information content (AvgIpc) is 3.63. The molecule has 0 saturated heterocycles. The van der Waals surface area contributed by atoms with Crippen LogP contribution in [0.2, 0.25) is 0 Å². The van der Waals surface area contributed by atoms with E-state index in [1.807, 2.05) is 13.0 Å². The number of aromatic nitrogens is 7. The minimum Gasteiger partial charge on any atom is -0.355 e. The normalized spacial score (nSPS) is 11.7. The van der Waals surface area contributed by atoms with Gasteiger partial charge in [0.25, 0.3) is 5.91 Å². The molecular weight excluding hydrogens is 487 g/mol. The third-order valence-corrected chi connectivity index (χ3v) is 5.84. The summed E-state index contributed by atoms with van der Waals surface area (Å²) in [7, 11) is 1.57. The second-order valence-corrected chi connectivity index (χ2v) is 8.19. The van der Waals surface area contributed by atoms with Gasteiger partial charge in [-0.05, 0) is 36.2 Å². The summed E-state index contributed by atoms with van der Waals surface area (Å²) in [4.78, 5) is 20.8. The third-order valence-electron chi connectivity index (χ3n) is 5.84. The zero-order valence-electron chi connectivity index (χ0n) is 19.8. The number of anilines is 2. The number of hydrogen-bond donors (Lipinski definition) is 3.